The number of anilines is 1. The van der Waals surface area contributed by atoms with E-state index in [1.807, 2.05) is 39.8 Å². The number of rotatable bonds is 3. The van der Waals surface area contributed by atoms with Gasteiger partial charge in [0.05, 0.1) is 19.1 Å². The van der Waals surface area contributed by atoms with Crippen LogP contribution in [-0.2, 0) is 16.1 Å². The molecule has 7 nitrogen and oxygen atoms in total. The molecule has 1 unspecified atom stereocenters. The zero-order valence-electron chi connectivity index (χ0n) is 19.5. The molecule has 3 atom stereocenters. The molecule has 4 heterocycles. The van der Waals surface area contributed by atoms with E-state index < -0.39 is 0 Å². The molecule has 7 heteroatoms. The largest absolute Gasteiger partial charge is 0.342 e. The predicted molar refractivity (Wildman–Crippen MR) is 127 cm³/mol. The Balaban J connectivity index is 1.42. The third kappa shape index (κ3) is 4.34. The molecule has 2 saturated heterocycles. The number of carbonyl (C=O) groups is 2. The van der Waals surface area contributed by atoms with E-state index >= 15 is 0 Å². The number of fused-ring (bicyclic) bond motifs is 4. The van der Waals surface area contributed by atoms with Crippen LogP contribution < -0.4 is 15.8 Å². The number of quaternary nitrogens is 1. The second kappa shape index (κ2) is 8.78. The molecular weight excluding hydrogens is 416 g/mol. The fourth-order valence-corrected chi connectivity index (χ4v) is 6.28. The molecule has 0 aliphatic carbocycles. The van der Waals surface area contributed by atoms with Gasteiger partial charge in [-0.2, -0.15) is 0 Å². The Morgan fingerprint density at radius 3 is 2.39 bits per heavy atom. The maximum absolute atomic E-state index is 12.8. The van der Waals surface area contributed by atoms with Crippen LogP contribution in [-0.4, -0.2) is 53.5 Å². The first-order valence-electron chi connectivity index (χ1n) is 12.1. The Bertz CT molecular complexity index is 1120. The Morgan fingerprint density at radius 2 is 1.73 bits per heavy atom. The lowest BCUT2D eigenvalue weighted by atomic mass is 9.79. The molecule has 174 valence electrons. The van der Waals surface area contributed by atoms with Crippen molar-refractivity contribution in [2.45, 2.75) is 51.6 Å². The molecule has 5 rings (SSSR count). The summed E-state index contributed by atoms with van der Waals surface area (Å²) >= 11 is 0. The Morgan fingerprint density at radius 1 is 1.00 bits per heavy atom. The number of piperidine rings is 2. The van der Waals surface area contributed by atoms with Crippen LogP contribution in [0.5, 0.6) is 0 Å². The van der Waals surface area contributed by atoms with Crippen LogP contribution in [0.25, 0.3) is 11.1 Å². The summed E-state index contributed by atoms with van der Waals surface area (Å²) in [5, 5.41) is 2.82. The normalized spacial score (nSPS) is 24.8. The fraction of sp³-hybridized carbons (Fsp3) is 0.500. The highest BCUT2D eigenvalue weighted by Gasteiger charge is 2.41. The molecule has 3 aliphatic rings. The van der Waals surface area contributed by atoms with Gasteiger partial charge in [-0.05, 0) is 30.2 Å². The SMILES string of the molecule is CC(=O)Nc1ccc(-c2ccc(=O)n3c2[C@@H]2C[C@H](C3)C[NH+](C3CCN(C(C)=O)CC3)C2)cc1. The number of amides is 2. The van der Waals surface area contributed by atoms with Gasteiger partial charge in [-0.25, -0.2) is 0 Å². The van der Waals surface area contributed by atoms with Gasteiger partial charge in [0.15, 0.2) is 0 Å². The van der Waals surface area contributed by atoms with E-state index in [2.05, 4.69) is 5.32 Å². The van der Waals surface area contributed by atoms with Gasteiger partial charge < -0.3 is 19.7 Å². The lowest BCUT2D eigenvalue weighted by Crippen LogP contribution is -3.18. The Hall–Kier alpha value is -2.93. The smallest absolute Gasteiger partial charge is 0.250 e. The van der Waals surface area contributed by atoms with Gasteiger partial charge in [-0.1, -0.05) is 12.1 Å². The third-order valence-electron chi connectivity index (χ3n) is 7.76. The monoisotopic (exact) mass is 449 g/mol. The van der Waals surface area contributed by atoms with E-state index in [0.717, 1.165) is 68.8 Å². The number of benzene rings is 1. The lowest BCUT2D eigenvalue weighted by molar-refractivity contribution is -0.937. The fourth-order valence-electron chi connectivity index (χ4n) is 6.28. The number of nitrogens with one attached hydrogen (secondary N) is 2. The summed E-state index contributed by atoms with van der Waals surface area (Å²) in [5.41, 5.74) is 4.24. The highest BCUT2D eigenvalue weighted by atomic mass is 16.2. The van der Waals surface area contributed by atoms with Gasteiger partial charge in [-0.15, -0.1) is 0 Å². The number of hydrogen-bond acceptors (Lipinski definition) is 3. The van der Waals surface area contributed by atoms with Crippen molar-refractivity contribution in [3.05, 3.63) is 52.4 Å². The topological polar surface area (TPSA) is 75.8 Å². The maximum Gasteiger partial charge on any atom is 0.250 e. The Kier molecular flexibility index (Phi) is 5.83. The predicted octanol–water partition coefficient (Wildman–Crippen LogP) is 1.49. The Labute approximate surface area is 194 Å². The molecule has 3 aliphatic heterocycles. The summed E-state index contributed by atoms with van der Waals surface area (Å²) in [6, 6.07) is 12.2. The summed E-state index contributed by atoms with van der Waals surface area (Å²) in [5.74, 6) is 0.975. The van der Waals surface area contributed by atoms with E-state index in [-0.39, 0.29) is 17.4 Å². The number of hydrogen-bond donors (Lipinski definition) is 2. The molecule has 2 bridgehead atoms. The van der Waals surface area contributed by atoms with Gasteiger partial charge in [0.1, 0.15) is 0 Å². The van der Waals surface area contributed by atoms with Gasteiger partial charge in [-0.3, -0.25) is 14.4 Å². The molecule has 0 radical (unpaired) electrons. The van der Waals surface area contributed by atoms with E-state index in [9.17, 15) is 14.4 Å². The number of likely N-dealkylation sites (tertiary alicyclic amines) is 2. The first-order chi connectivity index (χ1) is 15.9. The van der Waals surface area contributed by atoms with Crippen LogP contribution in [0, 0.1) is 5.92 Å². The first kappa shape index (κ1) is 21.9. The first-order valence-corrected chi connectivity index (χ1v) is 12.1. The zero-order chi connectivity index (χ0) is 23.1. The summed E-state index contributed by atoms with van der Waals surface area (Å²) in [7, 11) is 0. The number of aromatic nitrogens is 1. The van der Waals surface area contributed by atoms with Crippen molar-refractivity contribution >= 4 is 17.5 Å². The van der Waals surface area contributed by atoms with E-state index in [1.165, 1.54) is 12.6 Å². The summed E-state index contributed by atoms with van der Waals surface area (Å²) in [4.78, 5) is 39.5. The average Bonchev–Trinajstić information content (AvgIpc) is 2.80. The molecule has 2 aromatic rings. The molecule has 0 saturated carbocycles. The van der Waals surface area contributed by atoms with E-state index in [1.54, 1.807) is 17.9 Å². The van der Waals surface area contributed by atoms with Crippen LogP contribution in [0.3, 0.4) is 0 Å². The van der Waals surface area contributed by atoms with Gasteiger partial charge >= 0.3 is 0 Å². The second-order valence-corrected chi connectivity index (χ2v) is 9.99. The molecule has 0 spiro atoms. The zero-order valence-corrected chi connectivity index (χ0v) is 19.5. The molecule has 2 fully saturated rings. The second-order valence-electron chi connectivity index (χ2n) is 9.99. The maximum atomic E-state index is 12.8. The molecule has 2 amide bonds. The summed E-state index contributed by atoms with van der Waals surface area (Å²) < 4.78 is 2.02. The quantitative estimate of drug-likeness (QED) is 0.746. The van der Waals surface area contributed by atoms with Crippen molar-refractivity contribution in [3.8, 4) is 11.1 Å². The van der Waals surface area contributed by atoms with E-state index in [0.29, 0.717) is 17.9 Å². The van der Waals surface area contributed by atoms with Gasteiger partial charge in [0.25, 0.3) is 5.56 Å². The van der Waals surface area contributed by atoms with Crippen molar-refractivity contribution in [3.63, 3.8) is 0 Å². The lowest BCUT2D eigenvalue weighted by Gasteiger charge is -2.45. The highest BCUT2D eigenvalue weighted by Crippen LogP contribution is 2.37. The number of pyridine rings is 1. The molecule has 1 aromatic heterocycles. The molecule has 33 heavy (non-hydrogen) atoms. The van der Waals surface area contributed by atoms with Crippen molar-refractivity contribution in [1.82, 2.24) is 9.47 Å². The van der Waals surface area contributed by atoms with Crippen LogP contribution in [0.2, 0.25) is 0 Å². The minimum absolute atomic E-state index is 0.0863. The van der Waals surface area contributed by atoms with E-state index in [4.69, 9.17) is 0 Å². The number of nitrogens with zero attached hydrogens (tertiary/aromatic N) is 2. The van der Waals surface area contributed by atoms with Crippen LogP contribution in [0.15, 0.2) is 41.2 Å². The molecule has 1 aromatic carbocycles. The molecule has 2 N–H and O–H groups in total. The van der Waals surface area contributed by atoms with Crippen molar-refractivity contribution in [2.75, 3.05) is 31.5 Å². The van der Waals surface area contributed by atoms with Crippen molar-refractivity contribution in [2.24, 2.45) is 5.92 Å². The van der Waals surface area contributed by atoms with Crippen LogP contribution in [0.4, 0.5) is 5.69 Å². The number of carbonyl (C=O) groups excluding carboxylic acids is 2. The summed E-state index contributed by atoms with van der Waals surface area (Å²) in [6.45, 7) is 7.84. The minimum atomic E-state index is -0.0863. The standard InChI is InChI=1S/C26H32N4O3/c1-17(31)27-22-5-3-20(4-6-22)24-7-8-25(33)30-15-19-13-21(26(24)30)16-29(14-19)23-9-11-28(12-10-23)18(2)32/h3-8,19,21,23H,9-16H2,1-2H3,(H,27,31)/p+1/t19-,21+/m0/s1. The highest BCUT2D eigenvalue weighted by molar-refractivity contribution is 5.89. The third-order valence-corrected chi connectivity index (χ3v) is 7.76. The average molecular weight is 450 g/mol. The van der Waals surface area contributed by atoms with Gasteiger partial charge in [0.2, 0.25) is 11.8 Å². The van der Waals surface area contributed by atoms with Crippen molar-refractivity contribution < 1.29 is 14.5 Å². The van der Waals surface area contributed by atoms with Gasteiger partial charge in [0, 0.05) is 81.2 Å². The minimum Gasteiger partial charge on any atom is -0.342 e. The summed E-state index contributed by atoms with van der Waals surface area (Å²) in [6.07, 6.45) is 3.26. The van der Waals surface area contributed by atoms with Crippen molar-refractivity contribution in [1.29, 1.82) is 0 Å². The van der Waals surface area contributed by atoms with Crippen LogP contribution >= 0.6 is 0 Å². The van der Waals surface area contributed by atoms with Crippen LogP contribution in [0.1, 0.15) is 44.7 Å². The molecular formula is C26H33N4O3+.